The highest BCUT2D eigenvalue weighted by Gasteiger charge is 2.34. The van der Waals surface area contributed by atoms with Crippen LogP contribution in [0, 0.1) is 10.1 Å². The summed E-state index contributed by atoms with van der Waals surface area (Å²) in [6.45, 7) is 3.89. The van der Waals surface area contributed by atoms with Crippen LogP contribution < -0.4 is 24.4 Å². The highest BCUT2D eigenvalue weighted by molar-refractivity contribution is 7.07. The molecule has 1 aliphatic rings. The first-order valence-electron chi connectivity index (χ1n) is 14.5. The monoisotopic (exact) mass is 635 g/mol. The molecule has 0 saturated carbocycles. The minimum atomic E-state index is -0.728. The van der Waals surface area contributed by atoms with Crippen LogP contribution in [0.25, 0.3) is 16.8 Å². The van der Waals surface area contributed by atoms with Gasteiger partial charge in [0.1, 0.15) is 6.61 Å². The summed E-state index contributed by atoms with van der Waals surface area (Å²) < 4.78 is 19.0. The number of hydrogen-bond donors (Lipinski definition) is 0. The molecule has 0 aliphatic carbocycles. The molecule has 1 aromatic heterocycles. The normalized spacial score (nSPS) is 14.5. The molecular formula is C35H29N3O7S. The summed E-state index contributed by atoms with van der Waals surface area (Å²) in [5.41, 5.74) is 2.82. The number of carbonyl (C=O) groups excluding carboxylic acids is 1. The summed E-state index contributed by atoms with van der Waals surface area (Å²) in [6, 6.07) is 24.4. The highest BCUT2D eigenvalue weighted by atomic mass is 32.1. The molecule has 4 aromatic carbocycles. The van der Waals surface area contributed by atoms with Crippen molar-refractivity contribution in [3.8, 4) is 11.5 Å². The smallest absolute Gasteiger partial charge is 0.338 e. The molecule has 0 bridgehead atoms. The Morgan fingerprint density at radius 3 is 2.54 bits per heavy atom. The summed E-state index contributed by atoms with van der Waals surface area (Å²) in [4.78, 5) is 43.1. The lowest BCUT2D eigenvalue weighted by Gasteiger charge is -2.25. The standard InChI is InChI=1S/C35H29N3O7S/c1-4-44-34(40)31-21(2)36-35-37(32(31)27-11-7-9-24-8-5-6-10-26(24)27)33(39)30(46-35)19-23-14-17-28(29(18-23)43-3)45-20-22-12-15-25(16-13-22)38(41)42/h5-19,32H,4,20H2,1-3H3/b30-19-/t32-/m1/s1. The Hall–Kier alpha value is -5.55. The van der Waals surface area contributed by atoms with Gasteiger partial charge in [0.05, 0.1) is 40.5 Å². The summed E-state index contributed by atoms with van der Waals surface area (Å²) in [5, 5.41) is 12.8. The number of nitro groups is 1. The second-order valence-corrected chi connectivity index (χ2v) is 11.5. The summed E-state index contributed by atoms with van der Waals surface area (Å²) in [5.74, 6) is 0.424. The van der Waals surface area contributed by atoms with E-state index in [2.05, 4.69) is 4.99 Å². The van der Waals surface area contributed by atoms with E-state index in [0.29, 0.717) is 37.7 Å². The molecule has 5 aromatic rings. The van der Waals surface area contributed by atoms with Crippen molar-refractivity contribution in [2.75, 3.05) is 13.7 Å². The van der Waals surface area contributed by atoms with Gasteiger partial charge in [-0.2, -0.15) is 0 Å². The van der Waals surface area contributed by atoms with Crippen LogP contribution in [0.4, 0.5) is 5.69 Å². The number of nitro benzene ring substituents is 1. The Bertz CT molecular complexity index is 2190. The fraction of sp³-hybridized carbons (Fsp3) is 0.171. The molecule has 11 heteroatoms. The second kappa shape index (κ2) is 12.8. The first-order valence-corrected chi connectivity index (χ1v) is 15.3. The second-order valence-electron chi connectivity index (χ2n) is 10.5. The minimum Gasteiger partial charge on any atom is -0.493 e. The molecule has 0 radical (unpaired) electrons. The minimum absolute atomic E-state index is 0.00619. The number of non-ortho nitro benzene ring substituents is 1. The van der Waals surface area contributed by atoms with E-state index in [9.17, 15) is 19.7 Å². The number of carbonyl (C=O) groups is 1. The van der Waals surface area contributed by atoms with Crippen molar-refractivity contribution < 1.29 is 23.9 Å². The fourth-order valence-electron chi connectivity index (χ4n) is 5.49. The van der Waals surface area contributed by atoms with Crippen molar-refractivity contribution in [1.29, 1.82) is 0 Å². The van der Waals surface area contributed by atoms with Gasteiger partial charge in [-0.25, -0.2) is 9.79 Å². The first-order chi connectivity index (χ1) is 22.3. The Balaban J connectivity index is 1.39. The van der Waals surface area contributed by atoms with Crippen LogP contribution in [0.5, 0.6) is 11.5 Å². The number of ether oxygens (including phenoxy) is 3. The number of benzene rings is 4. The average Bonchev–Trinajstić information content (AvgIpc) is 3.36. The Labute approximate surface area is 267 Å². The number of hydrogen-bond acceptors (Lipinski definition) is 9. The van der Waals surface area contributed by atoms with Crippen LogP contribution in [0.15, 0.2) is 106 Å². The number of nitrogens with zero attached hydrogens (tertiary/aromatic N) is 3. The van der Waals surface area contributed by atoms with Crippen molar-refractivity contribution in [1.82, 2.24) is 4.57 Å². The molecule has 46 heavy (non-hydrogen) atoms. The predicted octanol–water partition coefficient (Wildman–Crippen LogP) is 5.45. The maximum Gasteiger partial charge on any atom is 0.338 e. The molecule has 10 nitrogen and oxygen atoms in total. The number of methoxy groups -OCH3 is 1. The van der Waals surface area contributed by atoms with Gasteiger partial charge in [0.15, 0.2) is 16.3 Å². The third-order valence-corrected chi connectivity index (χ3v) is 8.64. The number of fused-ring (bicyclic) bond motifs is 2. The van der Waals surface area contributed by atoms with Crippen molar-refractivity contribution in [3.63, 3.8) is 0 Å². The lowest BCUT2D eigenvalue weighted by Crippen LogP contribution is -2.40. The van der Waals surface area contributed by atoms with E-state index in [0.717, 1.165) is 21.9 Å². The van der Waals surface area contributed by atoms with Gasteiger partial charge in [-0.1, -0.05) is 59.9 Å². The van der Waals surface area contributed by atoms with Crippen LogP contribution in [-0.4, -0.2) is 29.2 Å². The third kappa shape index (κ3) is 5.80. The largest absolute Gasteiger partial charge is 0.493 e. The number of thiazole rings is 1. The van der Waals surface area contributed by atoms with Crippen LogP contribution in [0.3, 0.4) is 0 Å². The molecule has 0 N–H and O–H groups in total. The zero-order valence-corrected chi connectivity index (χ0v) is 26.1. The molecule has 1 atom stereocenters. The maximum atomic E-state index is 14.1. The van der Waals surface area contributed by atoms with Gasteiger partial charge in [-0.05, 0) is 71.7 Å². The van der Waals surface area contributed by atoms with Crippen LogP contribution >= 0.6 is 11.3 Å². The first kappa shape index (κ1) is 30.5. The highest BCUT2D eigenvalue weighted by Crippen LogP contribution is 2.35. The number of aromatic nitrogens is 1. The SMILES string of the molecule is CCOC(=O)C1=C(C)N=c2s/c(=C\c3ccc(OCc4ccc([N+](=O)[O-])cc4)c(OC)c3)c(=O)n2[C@@H]1c1cccc2ccccc12. The van der Waals surface area contributed by atoms with E-state index in [1.807, 2.05) is 48.5 Å². The van der Waals surface area contributed by atoms with Gasteiger partial charge >= 0.3 is 5.97 Å². The Morgan fingerprint density at radius 2 is 1.80 bits per heavy atom. The molecule has 232 valence electrons. The van der Waals surface area contributed by atoms with Gasteiger partial charge in [0, 0.05) is 12.1 Å². The lowest BCUT2D eigenvalue weighted by atomic mass is 9.91. The van der Waals surface area contributed by atoms with Crippen molar-refractivity contribution in [2.45, 2.75) is 26.5 Å². The van der Waals surface area contributed by atoms with Gasteiger partial charge in [0.2, 0.25) is 0 Å². The van der Waals surface area contributed by atoms with Crippen molar-refractivity contribution in [2.24, 2.45) is 4.99 Å². The van der Waals surface area contributed by atoms with E-state index < -0.39 is 16.9 Å². The van der Waals surface area contributed by atoms with Crippen molar-refractivity contribution in [3.05, 3.63) is 143 Å². The van der Waals surface area contributed by atoms with Gasteiger partial charge < -0.3 is 14.2 Å². The number of esters is 1. The summed E-state index contributed by atoms with van der Waals surface area (Å²) in [6.07, 6.45) is 1.76. The van der Waals surface area contributed by atoms with Gasteiger partial charge in [-0.3, -0.25) is 19.5 Å². The molecule has 0 fully saturated rings. The zero-order chi connectivity index (χ0) is 32.4. The average molecular weight is 636 g/mol. The Kier molecular flexibility index (Phi) is 8.49. The van der Waals surface area contributed by atoms with Gasteiger partial charge in [0.25, 0.3) is 11.2 Å². The van der Waals surface area contributed by atoms with E-state index in [1.165, 1.54) is 30.6 Å². The molecule has 6 rings (SSSR count). The zero-order valence-electron chi connectivity index (χ0n) is 25.3. The predicted molar refractivity (Wildman–Crippen MR) is 175 cm³/mol. The van der Waals surface area contributed by atoms with Gasteiger partial charge in [-0.15, -0.1) is 0 Å². The quantitative estimate of drug-likeness (QED) is 0.120. The van der Waals surface area contributed by atoms with E-state index in [4.69, 9.17) is 14.2 Å². The molecule has 0 unspecified atom stereocenters. The molecule has 0 amide bonds. The number of allylic oxidation sites excluding steroid dienone is 1. The molecule has 1 aliphatic heterocycles. The molecule has 0 spiro atoms. The number of rotatable bonds is 9. The fourth-order valence-corrected chi connectivity index (χ4v) is 6.54. The van der Waals surface area contributed by atoms with Crippen molar-refractivity contribution >= 4 is 39.8 Å². The topological polar surface area (TPSA) is 122 Å². The van der Waals surface area contributed by atoms with Crippen LogP contribution in [-0.2, 0) is 16.1 Å². The Morgan fingerprint density at radius 1 is 1.04 bits per heavy atom. The maximum absolute atomic E-state index is 14.1. The third-order valence-electron chi connectivity index (χ3n) is 7.66. The van der Waals surface area contributed by atoms with E-state index in [-0.39, 0.29) is 24.5 Å². The lowest BCUT2D eigenvalue weighted by molar-refractivity contribution is -0.384. The van der Waals surface area contributed by atoms with Crippen LogP contribution in [0.1, 0.15) is 36.6 Å². The summed E-state index contributed by atoms with van der Waals surface area (Å²) >= 11 is 1.24. The summed E-state index contributed by atoms with van der Waals surface area (Å²) in [7, 11) is 1.52. The molecular weight excluding hydrogens is 606 g/mol. The van der Waals surface area contributed by atoms with E-state index in [1.54, 1.807) is 48.8 Å². The van der Waals surface area contributed by atoms with E-state index >= 15 is 0 Å². The van der Waals surface area contributed by atoms with Crippen LogP contribution in [0.2, 0.25) is 0 Å². The molecule has 0 saturated heterocycles. The molecule has 2 heterocycles.